The number of nitrogens with zero attached hydrogens (tertiary/aromatic N) is 1. The summed E-state index contributed by atoms with van der Waals surface area (Å²) < 4.78 is 28.7. The molecule has 2 atom stereocenters. The number of halogens is 1. The smallest absolute Gasteiger partial charge is 0.251 e. The summed E-state index contributed by atoms with van der Waals surface area (Å²) in [6.07, 6.45) is 4.49. The van der Waals surface area contributed by atoms with Gasteiger partial charge in [0.25, 0.3) is 10.0 Å². The van der Waals surface area contributed by atoms with E-state index in [4.69, 9.17) is 0 Å². The minimum absolute atomic E-state index is 0.0688. The quantitative estimate of drug-likeness (QED) is 0.895. The van der Waals surface area contributed by atoms with Crippen LogP contribution in [-0.4, -0.2) is 38.5 Å². The molecule has 2 unspecified atom stereocenters. The van der Waals surface area contributed by atoms with E-state index in [9.17, 15) is 8.42 Å². The van der Waals surface area contributed by atoms with E-state index < -0.39 is 10.0 Å². The van der Waals surface area contributed by atoms with Gasteiger partial charge in [-0.2, -0.15) is 0 Å². The third kappa shape index (κ3) is 2.76. The second-order valence-corrected chi connectivity index (χ2v) is 8.85. The van der Waals surface area contributed by atoms with Crippen molar-refractivity contribution in [1.29, 1.82) is 0 Å². The van der Waals surface area contributed by atoms with E-state index in [1.54, 1.807) is 11.4 Å². The number of nitrogens with one attached hydrogen (secondary N) is 1. The van der Waals surface area contributed by atoms with Crippen molar-refractivity contribution in [1.82, 2.24) is 9.62 Å². The lowest BCUT2D eigenvalue weighted by Crippen LogP contribution is -2.46. The van der Waals surface area contributed by atoms with Crippen molar-refractivity contribution in [3.05, 3.63) is 15.9 Å². The molecule has 2 saturated heterocycles. The average Bonchev–Trinajstić information content (AvgIpc) is 2.97. The van der Waals surface area contributed by atoms with Gasteiger partial charge < -0.3 is 0 Å². The Balaban J connectivity index is 1.76. The Labute approximate surface area is 126 Å². The molecule has 0 saturated carbocycles. The maximum absolute atomic E-state index is 12.4. The van der Waals surface area contributed by atoms with Crippen molar-refractivity contribution in [2.24, 2.45) is 0 Å². The Morgan fingerprint density at radius 2 is 2.16 bits per heavy atom. The van der Waals surface area contributed by atoms with Gasteiger partial charge in [-0.3, -0.25) is 4.90 Å². The molecule has 1 aromatic rings. The van der Waals surface area contributed by atoms with E-state index in [1.165, 1.54) is 24.2 Å². The van der Waals surface area contributed by atoms with Crippen LogP contribution in [0.5, 0.6) is 0 Å². The van der Waals surface area contributed by atoms with Crippen molar-refractivity contribution in [3.8, 4) is 0 Å². The first kappa shape index (κ1) is 14.0. The third-order valence-electron chi connectivity index (χ3n) is 3.99. The molecule has 19 heavy (non-hydrogen) atoms. The van der Waals surface area contributed by atoms with E-state index in [1.807, 2.05) is 0 Å². The fraction of sp³-hybridized carbons (Fsp3) is 0.667. The van der Waals surface area contributed by atoms with Gasteiger partial charge in [0.1, 0.15) is 4.21 Å². The van der Waals surface area contributed by atoms with Crippen LogP contribution in [0.15, 0.2) is 20.1 Å². The van der Waals surface area contributed by atoms with E-state index in [0.29, 0.717) is 14.7 Å². The zero-order valence-electron chi connectivity index (χ0n) is 10.5. The van der Waals surface area contributed by atoms with Gasteiger partial charge in [0.2, 0.25) is 0 Å². The molecule has 2 aliphatic heterocycles. The largest absolute Gasteiger partial charge is 0.299 e. The molecule has 0 aliphatic carbocycles. The highest BCUT2D eigenvalue weighted by Gasteiger charge is 2.38. The summed E-state index contributed by atoms with van der Waals surface area (Å²) in [6.45, 7) is 2.13. The topological polar surface area (TPSA) is 49.4 Å². The fourth-order valence-electron chi connectivity index (χ4n) is 3.11. The van der Waals surface area contributed by atoms with Crippen molar-refractivity contribution in [3.63, 3.8) is 0 Å². The first-order valence-corrected chi connectivity index (χ1v) is 9.73. The highest BCUT2D eigenvalue weighted by Crippen LogP contribution is 2.31. The molecule has 3 rings (SSSR count). The number of thiophene rings is 1. The maximum atomic E-state index is 12.4. The molecule has 1 N–H and O–H groups in total. The van der Waals surface area contributed by atoms with Crippen LogP contribution in [0, 0.1) is 0 Å². The van der Waals surface area contributed by atoms with Gasteiger partial charge in [-0.05, 0) is 53.2 Å². The molecular formula is C12H17BrN2O2S2. The highest BCUT2D eigenvalue weighted by atomic mass is 79.9. The van der Waals surface area contributed by atoms with E-state index >= 15 is 0 Å². The molecule has 1 aromatic heterocycles. The molecule has 0 spiro atoms. The van der Waals surface area contributed by atoms with E-state index in [0.717, 1.165) is 25.9 Å². The minimum atomic E-state index is -3.39. The molecule has 4 nitrogen and oxygen atoms in total. The predicted molar refractivity (Wildman–Crippen MR) is 80.0 cm³/mol. The number of hydrogen-bond donors (Lipinski definition) is 1. The lowest BCUT2D eigenvalue weighted by molar-refractivity contribution is 0.186. The molecule has 0 aromatic carbocycles. The third-order valence-corrected chi connectivity index (χ3v) is 8.15. The van der Waals surface area contributed by atoms with Crippen molar-refractivity contribution in [2.75, 3.05) is 13.1 Å². The highest BCUT2D eigenvalue weighted by molar-refractivity contribution is 9.10. The second-order valence-electron chi connectivity index (χ2n) is 5.17. The van der Waals surface area contributed by atoms with E-state index in [2.05, 4.69) is 25.6 Å². The van der Waals surface area contributed by atoms with Crippen LogP contribution >= 0.6 is 27.3 Å². The molecule has 0 radical (unpaired) electrons. The van der Waals surface area contributed by atoms with Crippen LogP contribution < -0.4 is 4.72 Å². The molecule has 106 valence electrons. The first-order chi connectivity index (χ1) is 9.08. The van der Waals surface area contributed by atoms with Gasteiger partial charge in [-0.15, -0.1) is 11.3 Å². The lowest BCUT2D eigenvalue weighted by atomic mass is 10.00. The Morgan fingerprint density at radius 3 is 2.89 bits per heavy atom. The molecule has 0 bridgehead atoms. The number of piperidine rings is 1. The van der Waals surface area contributed by atoms with Crippen LogP contribution in [0.2, 0.25) is 0 Å². The summed E-state index contributed by atoms with van der Waals surface area (Å²) in [5.41, 5.74) is 0. The van der Waals surface area contributed by atoms with E-state index in [-0.39, 0.29) is 6.04 Å². The minimum Gasteiger partial charge on any atom is -0.299 e. The molecule has 3 heterocycles. The van der Waals surface area contributed by atoms with Gasteiger partial charge in [-0.25, -0.2) is 13.1 Å². The van der Waals surface area contributed by atoms with Crippen LogP contribution in [0.25, 0.3) is 0 Å². The monoisotopic (exact) mass is 364 g/mol. The second kappa shape index (κ2) is 5.44. The predicted octanol–water partition coefficient (Wildman–Crippen LogP) is 2.42. The molecule has 2 fully saturated rings. The molecule has 2 aliphatic rings. The van der Waals surface area contributed by atoms with Crippen molar-refractivity contribution >= 4 is 37.3 Å². The van der Waals surface area contributed by atoms with Crippen LogP contribution in [0.4, 0.5) is 0 Å². The maximum Gasteiger partial charge on any atom is 0.251 e. The summed E-state index contributed by atoms with van der Waals surface area (Å²) >= 11 is 4.56. The Hall–Kier alpha value is 0.0500. The first-order valence-electron chi connectivity index (χ1n) is 6.57. The SMILES string of the molecule is O=S(=O)(NC1CCN2CCCCC12)c1sccc1Br. The standard InChI is InChI=1S/C12H17BrN2O2S2/c13-9-5-8-18-12(9)19(16,17)14-10-4-7-15-6-2-1-3-11(10)15/h5,8,10-11,14H,1-4,6-7H2. The van der Waals surface area contributed by atoms with Crippen molar-refractivity contribution in [2.45, 2.75) is 42.0 Å². The van der Waals surface area contributed by atoms with Gasteiger partial charge in [-0.1, -0.05) is 6.42 Å². The Bertz CT molecular complexity index is 558. The lowest BCUT2D eigenvalue weighted by Gasteiger charge is -2.32. The zero-order chi connectivity index (χ0) is 13.5. The Kier molecular flexibility index (Phi) is 4.01. The number of rotatable bonds is 3. The molecule has 7 heteroatoms. The normalized spacial score (nSPS) is 28.5. The zero-order valence-corrected chi connectivity index (χ0v) is 13.7. The molecule has 0 amide bonds. The number of hydrogen-bond acceptors (Lipinski definition) is 4. The van der Waals surface area contributed by atoms with Gasteiger partial charge in [0.15, 0.2) is 0 Å². The summed E-state index contributed by atoms with van der Waals surface area (Å²) in [5, 5.41) is 1.79. The van der Waals surface area contributed by atoms with Gasteiger partial charge in [0.05, 0.1) is 0 Å². The summed E-state index contributed by atoms with van der Waals surface area (Å²) in [6, 6.07) is 2.24. The van der Waals surface area contributed by atoms with Gasteiger partial charge >= 0.3 is 0 Å². The summed E-state index contributed by atoms with van der Waals surface area (Å²) in [7, 11) is -3.39. The average molecular weight is 365 g/mol. The number of fused-ring (bicyclic) bond motifs is 1. The van der Waals surface area contributed by atoms with Crippen molar-refractivity contribution < 1.29 is 8.42 Å². The van der Waals surface area contributed by atoms with Gasteiger partial charge in [0, 0.05) is 23.1 Å². The fourth-order valence-corrected chi connectivity index (χ4v) is 6.77. The summed E-state index contributed by atoms with van der Waals surface area (Å²) in [4.78, 5) is 2.43. The number of sulfonamides is 1. The molecular weight excluding hydrogens is 348 g/mol. The van der Waals surface area contributed by atoms with Crippen LogP contribution in [0.1, 0.15) is 25.7 Å². The Morgan fingerprint density at radius 1 is 1.32 bits per heavy atom. The van der Waals surface area contributed by atoms with Crippen LogP contribution in [-0.2, 0) is 10.0 Å². The summed E-state index contributed by atoms with van der Waals surface area (Å²) in [5.74, 6) is 0. The van der Waals surface area contributed by atoms with Crippen LogP contribution in [0.3, 0.4) is 0 Å².